The summed E-state index contributed by atoms with van der Waals surface area (Å²) >= 11 is 0. The molecule has 1 spiro atoms. The molecule has 2 fully saturated rings. The van der Waals surface area contributed by atoms with Crippen LogP contribution in [0.5, 0.6) is 5.88 Å². The van der Waals surface area contributed by atoms with Gasteiger partial charge >= 0.3 is 0 Å². The van der Waals surface area contributed by atoms with Gasteiger partial charge in [-0.25, -0.2) is 4.98 Å². The first-order valence-electron chi connectivity index (χ1n) is 10.5. The number of hydrogen-bond acceptors (Lipinski definition) is 5. The van der Waals surface area contributed by atoms with Crippen LogP contribution in [0.1, 0.15) is 77.9 Å². The van der Waals surface area contributed by atoms with Crippen molar-refractivity contribution in [3.63, 3.8) is 0 Å². The van der Waals surface area contributed by atoms with E-state index in [-0.39, 0.29) is 16.6 Å². The summed E-state index contributed by atoms with van der Waals surface area (Å²) in [5, 5.41) is 0. The SMILES string of the molecule is CCOc1nc(C(C)(C)C)nc2c1CC[C@H]1[C@H](C)C3(CC[C@]21C)OCCO3. The van der Waals surface area contributed by atoms with Gasteiger partial charge in [0.25, 0.3) is 0 Å². The van der Waals surface area contributed by atoms with Crippen molar-refractivity contribution in [3.8, 4) is 5.88 Å². The molecule has 5 nitrogen and oxygen atoms in total. The maximum Gasteiger partial charge on any atom is 0.220 e. The average Bonchev–Trinajstić information content (AvgIpc) is 3.08. The molecule has 0 N–H and O–H groups in total. The Labute approximate surface area is 163 Å². The maximum atomic E-state index is 6.14. The average molecular weight is 375 g/mol. The third-order valence-corrected chi connectivity index (χ3v) is 7.05. The summed E-state index contributed by atoms with van der Waals surface area (Å²) in [6.45, 7) is 15.3. The fourth-order valence-corrected chi connectivity index (χ4v) is 5.50. The van der Waals surface area contributed by atoms with Crippen molar-refractivity contribution in [3.05, 3.63) is 17.1 Å². The van der Waals surface area contributed by atoms with E-state index >= 15 is 0 Å². The van der Waals surface area contributed by atoms with Crippen molar-refractivity contribution in [2.24, 2.45) is 11.8 Å². The Morgan fingerprint density at radius 3 is 2.48 bits per heavy atom. The molecule has 0 unspecified atom stereocenters. The van der Waals surface area contributed by atoms with Crippen LogP contribution in [-0.4, -0.2) is 35.6 Å². The summed E-state index contributed by atoms with van der Waals surface area (Å²) < 4.78 is 18.3. The van der Waals surface area contributed by atoms with Gasteiger partial charge < -0.3 is 14.2 Å². The third-order valence-electron chi connectivity index (χ3n) is 7.05. The fraction of sp³-hybridized carbons (Fsp3) is 0.818. The highest BCUT2D eigenvalue weighted by atomic mass is 16.7. The molecule has 0 aromatic carbocycles. The summed E-state index contributed by atoms with van der Waals surface area (Å²) in [4.78, 5) is 9.98. The molecule has 5 heteroatoms. The van der Waals surface area contributed by atoms with Crippen LogP contribution in [0.15, 0.2) is 0 Å². The minimum Gasteiger partial charge on any atom is -0.478 e. The molecular weight excluding hydrogens is 340 g/mol. The molecule has 1 aromatic heterocycles. The Bertz CT molecular complexity index is 721. The second kappa shape index (κ2) is 6.41. The molecule has 3 atom stereocenters. The summed E-state index contributed by atoms with van der Waals surface area (Å²) in [7, 11) is 0. The van der Waals surface area contributed by atoms with E-state index < -0.39 is 0 Å². The first-order valence-corrected chi connectivity index (χ1v) is 10.5. The smallest absolute Gasteiger partial charge is 0.220 e. The predicted molar refractivity (Wildman–Crippen MR) is 104 cm³/mol. The summed E-state index contributed by atoms with van der Waals surface area (Å²) in [6.07, 6.45) is 4.04. The highest BCUT2D eigenvalue weighted by molar-refractivity contribution is 5.40. The van der Waals surface area contributed by atoms with Crippen molar-refractivity contribution in [1.82, 2.24) is 9.97 Å². The number of nitrogens with zero attached hydrogens (tertiary/aromatic N) is 2. The Hall–Kier alpha value is -1.20. The molecule has 1 aromatic rings. The minimum absolute atomic E-state index is 0.0162. The number of ether oxygens (including phenoxy) is 3. The van der Waals surface area contributed by atoms with E-state index in [0.29, 0.717) is 18.4 Å². The Kier molecular flexibility index (Phi) is 4.54. The van der Waals surface area contributed by atoms with Gasteiger partial charge in [-0.05, 0) is 32.1 Å². The fourth-order valence-electron chi connectivity index (χ4n) is 5.50. The second-order valence-electron chi connectivity index (χ2n) is 9.72. The zero-order valence-electron chi connectivity index (χ0n) is 17.7. The van der Waals surface area contributed by atoms with Crippen LogP contribution in [0.2, 0.25) is 0 Å². The summed E-state index contributed by atoms with van der Waals surface area (Å²) in [5.41, 5.74) is 2.34. The van der Waals surface area contributed by atoms with Gasteiger partial charge in [-0.3, -0.25) is 0 Å². The zero-order chi connectivity index (χ0) is 19.4. The molecule has 1 aliphatic heterocycles. The Balaban J connectivity index is 1.81. The van der Waals surface area contributed by atoms with Crippen molar-refractivity contribution in [1.29, 1.82) is 0 Å². The third kappa shape index (κ3) is 2.89. The highest BCUT2D eigenvalue weighted by Gasteiger charge is 2.58. The van der Waals surface area contributed by atoms with E-state index in [9.17, 15) is 0 Å². The van der Waals surface area contributed by atoms with Gasteiger partial charge in [0.15, 0.2) is 5.79 Å². The summed E-state index contributed by atoms with van der Waals surface area (Å²) in [5.74, 6) is 2.15. The molecule has 1 saturated heterocycles. The van der Waals surface area contributed by atoms with E-state index in [1.165, 1.54) is 11.3 Å². The molecule has 150 valence electrons. The Morgan fingerprint density at radius 1 is 1.15 bits per heavy atom. The van der Waals surface area contributed by atoms with Crippen molar-refractivity contribution in [2.45, 2.75) is 83.8 Å². The van der Waals surface area contributed by atoms with Gasteiger partial charge in [0.05, 0.1) is 25.5 Å². The zero-order valence-corrected chi connectivity index (χ0v) is 17.7. The number of rotatable bonds is 2. The van der Waals surface area contributed by atoms with Crippen molar-refractivity contribution in [2.75, 3.05) is 19.8 Å². The lowest BCUT2D eigenvalue weighted by Crippen LogP contribution is -2.55. The van der Waals surface area contributed by atoms with Crippen LogP contribution in [0, 0.1) is 11.8 Å². The molecule has 1 saturated carbocycles. The van der Waals surface area contributed by atoms with Crippen LogP contribution >= 0.6 is 0 Å². The topological polar surface area (TPSA) is 53.5 Å². The standard InChI is InChI=1S/C22H34N2O3/c1-7-25-18-15-8-9-16-14(2)22(26-12-13-27-22)11-10-21(16,6)17(15)23-19(24-18)20(3,4)5/h14,16H,7-13H2,1-6H3/t14-,16-,21-/m0/s1. The van der Waals surface area contributed by atoms with Crippen LogP contribution in [-0.2, 0) is 26.7 Å². The molecule has 4 rings (SSSR count). The normalized spacial score (nSPS) is 32.2. The molecular formula is C22H34N2O3. The molecule has 0 bridgehead atoms. The predicted octanol–water partition coefficient (Wildman–Crippen LogP) is 4.17. The second-order valence-corrected chi connectivity index (χ2v) is 9.72. The summed E-state index contributed by atoms with van der Waals surface area (Å²) in [6, 6.07) is 0. The molecule has 0 radical (unpaired) electrons. The van der Waals surface area contributed by atoms with Crippen LogP contribution in [0.25, 0.3) is 0 Å². The van der Waals surface area contributed by atoms with E-state index in [1.807, 2.05) is 6.92 Å². The van der Waals surface area contributed by atoms with Gasteiger partial charge in [-0.1, -0.05) is 34.6 Å². The molecule has 2 heterocycles. The first-order chi connectivity index (χ1) is 12.7. The lowest BCUT2D eigenvalue weighted by Gasteiger charge is -2.54. The van der Waals surface area contributed by atoms with Gasteiger partial charge in [-0.2, -0.15) is 4.98 Å². The van der Waals surface area contributed by atoms with E-state index in [1.54, 1.807) is 0 Å². The minimum atomic E-state index is -0.385. The van der Waals surface area contributed by atoms with Crippen molar-refractivity contribution < 1.29 is 14.2 Å². The first kappa shape index (κ1) is 19.1. The molecule has 27 heavy (non-hydrogen) atoms. The lowest BCUT2D eigenvalue weighted by molar-refractivity contribution is -0.234. The van der Waals surface area contributed by atoms with Gasteiger partial charge in [-0.15, -0.1) is 0 Å². The number of aromatic nitrogens is 2. The number of hydrogen-bond donors (Lipinski definition) is 0. The number of fused-ring (bicyclic) bond motifs is 3. The largest absolute Gasteiger partial charge is 0.478 e. The maximum absolute atomic E-state index is 6.14. The van der Waals surface area contributed by atoms with E-state index in [4.69, 9.17) is 24.2 Å². The van der Waals surface area contributed by atoms with Crippen LogP contribution in [0.3, 0.4) is 0 Å². The monoisotopic (exact) mass is 374 g/mol. The molecule has 2 aliphatic carbocycles. The quantitative estimate of drug-likeness (QED) is 0.778. The van der Waals surface area contributed by atoms with Crippen LogP contribution < -0.4 is 4.74 Å². The Morgan fingerprint density at radius 2 is 1.85 bits per heavy atom. The van der Waals surface area contributed by atoms with E-state index in [2.05, 4.69) is 34.6 Å². The lowest BCUT2D eigenvalue weighted by atomic mass is 9.55. The van der Waals surface area contributed by atoms with E-state index in [0.717, 1.165) is 50.6 Å². The molecule has 3 aliphatic rings. The highest BCUT2D eigenvalue weighted by Crippen LogP contribution is 2.57. The molecule has 0 amide bonds. The van der Waals surface area contributed by atoms with Gasteiger partial charge in [0.1, 0.15) is 5.82 Å². The van der Waals surface area contributed by atoms with Gasteiger partial charge in [0, 0.05) is 28.7 Å². The van der Waals surface area contributed by atoms with Crippen molar-refractivity contribution >= 4 is 0 Å². The van der Waals surface area contributed by atoms with Crippen LogP contribution in [0.4, 0.5) is 0 Å². The van der Waals surface area contributed by atoms with Gasteiger partial charge in [0.2, 0.25) is 5.88 Å².